The highest BCUT2D eigenvalue weighted by atomic mass is 32.2. The van der Waals surface area contributed by atoms with Gasteiger partial charge in [-0.05, 0) is 6.92 Å². The largest absolute Gasteiger partial charge is 0.299 e. The third kappa shape index (κ3) is 3.51. The summed E-state index contributed by atoms with van der Waals surface area (Å²) in [6.45, 7) is 4.48. The van der Waals surface area contributed by atoms with Gasteiger partial charge in [-0.3, -0.25) is 14.2 Å². The van der Waals surface area contributed by atoms with Crippen molar-refractivity contribution in [1.29, 1.82) is 0 Å². The smallest absolute Gasteiger partial charge is 0.234 e. The second kappa shape index (κ2) is 4.80. The molecule has 0 saturated carbocycles. The average Bonchev–Trinajstić information content (AvgIpc) is 2.04. The lowest BCUT2D eigenvalue weighted by atomic mass is 10.3. The summed E-state index contributed by atoms with van der Waals surface area (Å²) in [5.74, 6) is 0.138. The Labute approximate surface area is 80.1 Å². The first-order chi connectivity index (χ1) is 6.09. The molecule has 1 aliphatic rings. The first kappa shape index (κ1) is 10.8. The van der Waals surface area contributed by atoms with Crippen molar-refractivity contribution in [3.05, 3.63) is 0 Å². The molecule has 0 aromatic rings. The zero-order valence-corrected chi connectivity index (χ0v) is 8.42. The Balaban J connectivity index is 2.30. The second-order valence-corrected chi connectivity index (χ2v) is 4.12. The number of hydrogen-bond donors (Lipinski definition) is 1. The quantitative estimate of drug-likeness (QED) is 0.622. The molecule has 1 fully saturated rings. The first-order valence-electron chi connectivity index (χ1n) is 4.17. The van der Waals surface area contributed by atoms with Crippen LogP contribution >= 0.6 is 0 Å². The van der Waals surface area contributed by atoms with Gasteiger partial charge in [0.25, 0.3) is 0 Å². The number of Topliss-reactive ketones (excluding diaryl/α,β-unsaturated/α-hetero) is 1. The van der Waals surface area contributed by atoms with Gasteiger partial charge in [0.2, 0.25) is 11.3 Å². The third-order valence-corrected chi connectivity index (χ3v) is 2.81. The molecule has 5 nitrogen and oxygen atoms in total. The molecular weight excluding hydrogens is 192 g/mol. The molecular formula is C7H14N2O3S. The van der Waals surface area contributed by atoms with Gasteiger partial charge in [-0.15, -0.1) is 0 Å². The summed E-state index contributed by atoms with van der Waals surface area (Å²) in [6, 6.07) is 0. The van der Waals surface area contributed by atoms with Crippen LogP contribution in [0.15, 0.2) is 0 Å². The zero-order valence-electron chi connectivity index (χ0n) is 7.60. The van der Waals surface area contributed by atoms with Crippen molar-refractivity contribution in [1.82, 2.24) is 9.21 Å². The van der Waals surface area contributed by atoms with Crippen molar-refractivity contribution >= 4 is 17.0 Å². The molecule has 0 radical (unpaired) electrons. The summed E-state index contributed by atoms with van der Waals surface area (Å²) in [5.41, 5.74) is 0. The number of rotatable bonds is 3. The average molecular weight is 206 g/mol. The number of carbonyl (C=O) groups excluding carboxylic acids is 1. The van der Waals surface area contributed by atoms with Crippen LogP contribution in [0.25, 0.3) is 0 Å². The molecule has 0 aromatic carbocycles. The van der Waals surface area contributed by atoms with Gasteiger partial charge in [0, 0.05) is 26.2 Å². The number of carbonyl (C=O) groups is 1. The van der Waals surface area contributed by atoms with Crippen molar-refractivity contribution in [2.45, 2.75) is 6.92 Å². The highest BCUT2D eigenvalue weighted by molar-refractivity contribution is 7.76. The van der Waals surface area contributed by atoms with Gasteiger partial charge in [0.05, 0.1) is 6.54 Å². The molecule has 0 amide bonds. The lowest BCUT2D eigenvalue weighted by Gasteiger charge is -2.31. The highest BCUT2D eigenvalue weighted by Gasteiger charge is 2.20. The maximum atomic E-state index is 10.8. The normalized spacial score (nSPS) is 22.9. The minimum Gasteiger partial charge on any atom is -0.299 e. The van der Waals surface area contributed by atoms with E-state index in [0.29, 0.717) is 32.7 Å². The molecule has 1 aliphatic heterocycles. The molecule has 0 aliphatic carbocycles. The van der Waals surface area contributed by atoms with E-state index < -0.39 is 11.3 Å². The minimum absolute atomic E-state index is 0.138. The van der Waals surface area contributed by atoms with Crippen LogP contribution in [-0.2, 0) is 16.1 Å². The molecule has 76 valence electrons. The summed E-state index contributed by atoms with van der Waals surface area (Å²) < 4.78 is 20.9. The van der Waals surface area contributed by atoms with Crippen molar-refractivity contribution in [3.63, 3.8) is 0 Å². The maximum absolute atomic E-state index is 10.8. The van der Waals surface area contributed by atoms with Gasteiger partial charge in [-0.25, -0.2) is 4.21 Å². The Hall–Kier alpha value is -0.300. The minimum atomic E-state index is -1.86. The Morgan fingerprint density at radius 1 is 1.38 bits per heavy atom. The summed E-state index contributed by atoms with van der Waals surface area (Å²) in [4.78, 5) is 12.8. The molecule has 1 heterocycles. The summed E-state index contributed by atoms with van der Waals surface area (Å²) >= 11 is -1.86. The molecule has 1 atom stereocenters. The predicted molar refractivity (Wildman–Crippen MR) is 49.5 cm³/mol. The van der Waals surface area contributed by atoms with Gasteiger partial charge >= 0.3 is 0 Å². The highest BCUT2D eigenvalue weighted by Crippen LogP contribution is 2.02. The van der Waals surface area contributed by atoms with Crippen molar-refractivity contribution < 1.29 is 13.6 Å². The van der Waals surface area contributed by atoms with E-state index >= 15 is 0 Å². The molecule has 0 spiro atoms. The molecule has 0 bridgehead atoms. The van der Waals surface area contributed by atoms with Gasteiger partial charge in [-0.2, -0.15) is 4.31 Å². The standard InChI is InChI=1S/C7H14N2O3S/c1-7(10)6-8-2-4-9(5-3-8)13(11)12/h2-6H2,1H3,(H,11,12). The summed E-state index contributed by atoms with van der Waals surface area (Å²) in [6.07, 6.45) is 0. The van der Waals surface area contributed by atoms with Crippen molar-refractivity contribution in [2.75, 3.05) is 32.7 Å². The SMILES string of the molecule is CC(=O)CN1CCN(S(=O)O)CC1. The van der Waals surface area contributed by atoms with Crippen LogP contribution in [0, 0.1) is 0 Å². The molecule has 1 rings (SSSR count). The van der Waals surface area contributed by atoms with E-state index in [1.54, 1.807) is 6.92 Å². The van der Waals surface area contributed by atoms with E-state index in [9.17, 15) is 9.00 Å². The summed E-state index contributed by atoms with van der Waals surface area (Å²) in [5, 5.41) is 0. The van der Waals surface area contributed by atoms with Crippen LogP contribution in [0.4, 0.5) is 0 Å². The van der Waals surface area contributed by atoms with Crippen molar-refractivity contribution in [2.24, 2.45) is 0 Å². The summed E-state index contributed by atoms with van der Waals surface area (Å²) in [7, 11) is 0. The Morgan fingerprint density at radius 3 is 2.31 bits per heavy atom. The van der Waals surface area contributed by atoms with Crippen LogP contribution in [0.3, 0.4) is 0 Å². The second-order valence-electron chi connectivity index (χ2n) is 3.14. The van der Waals surface area contributed by atoms with Gasteiger partial charge in [0.1, 0.15) is 5.78 Å². The maximum Gasteiger partial charge on any atom is 0.234 e. The Morgan fingerprint density at radius 2 is 1.92 bits per heavy atom. The fourth-order valence-electron chi connectivity index (χ4n) is 1.36. The molecule has 1 unspecified atom stereocenters. The van der Waals surface area contributed by atoms with Gasteiger partial charge in [-0.1, -0.05) is 0 Å². The topological polar surface area (TPSA) is 60.9 Å². The van der Waals surface area contributed by atoms with Crippen LogP contribution in [-0.4, -0.2) is 56.5 Å². The fraction of sp³-hybridized carbons (Fsp3) is 0.857. The Bertz CT molecular complexity index is 214. The van der Waals surface area contributed by atoms with E-state index in [-0.39, 0.29) is 5.78 Å². The number of ketones is 1. The van der Waals surface area contributed by atoms with Gasteiger partial charge in [0.15, 0.2) is 0 Å². The molecule has 1 saturated heterocycles. The number of nitrogens with zero attached hydrogens (tertiary/aromatic N) is 2. The number of piperazine rings is 1. The number of hydrogen-bond acceptors (Lipinski definition) is 3. The first-order valence-corrected chi connectivity index (χ1v) is 5.23. The lowest BCUT2D eigenvalue weighted by Crippen LogP contribution is -2.47. The molecule has 13 heavy (non-hydrogen) atoms. The monoisotopic (exact) mass is 206 g/mol. The predicted octanol–water partition coefficient (Wildman–Crippen LogP) is -0.670. The molecule has 0 aromatic heterocycles. The van der Waals surface area contributed by atoms with Crippen LogP contribution < -0.4 is 0 Å². The van der Waals surface area contributed by atoms with Crippen molar-refractivity contribution in [3.8, 4) is 0 Å². The van der Waals surface area contributed by atoms with E-state index in [2.05, 4.69) is 0 Å². The van der Waals surface area contributed by atoms with Crippen LogP contribution in [0.5, 0.6) is 0 Å². The lowest BCUT2D eigenvalue weighted by molar-refractivity contribution is -0.118. The van der Waals surface area contributed by atoms with Crippen LogP contribution in [0.1, 0.15) is 6.92 Å². The van der Waals surface area contributed by atoms with Crippen LogP contribution in [0.2, 0.25) is 0 Å². The van der Waals surface area contributed by atoms with E-state index in [4.69, 9.17) is 4.55 Å². The zero-order chi connectivity index (χ0) is 9.84. The molecule has 1 N–H and O–H groups in total. The van der Waals surface area contributed by atoms with Gasteiger partial charge < -0.3 is 0 Å². The fourth-order valence-corrected chi connectivity index (χ4v) is 1.83. The van der Waals surface area contributed by atoms with E-state index in [1.165, 1.54) is 4.31 Å². The Kier molecular flexibility index (Phi) is 3.98. The van der Waals surface area contributed by atoms with E-state index in [1.807, 2.05) is 4.90 Å². The van der Waals surface area contributed by atoms with E-state index in [0.717, 1.165) is 0 Å². The molecule has 6 heteroatoms. The third-order valence-electron chi connectivity index (χ3n) is 2.00.